The van der Waals surface area contributed by atoms with Crippen molar-refractivity contribution in [1.29, 1.82) is 0 Å². The number of hydrogen-bond acceptors (Lipinski definition) is 2. The molecule has 0 aliphatic carbocycles. The molecule has 0 saturated heterocycles. The monoisotopic (exact) mass is 541 g/mol. The van der Waals surface area contributed by atoms with Crippen LogP contribution in [0.25, 0.3) is 0 Å². The second-order valence-corrected chi connectivity index (χ2v) is 13.4. The zero-order valence-corrected chi connectivity index (χ0v) is 27.2. The Kier molecular flexibility index (Phi) is 24.1. The molecule has 1 atom stereocenters. The third-order valence-corrected chi connectivity index (χ3v) is 8.16. The van der Waals surface area contributed by atoms with Crippen molar-refractivity contribution in [2.24, 2.45) is 0 Å². The highest BCUT2D eigenvalue weighted by molar-refractivity contribution is 4.72. The second kappa shape index (κ2) is 24.4. The Morgan fingerprint density at radius 3 is 1.13 bits per heavy atom. The molecule has 0 rings (SSSR count). The van der Waals surface area contributed by atoms with Gasteiger partial charge in [-0.2, -0.15) is 0 Å². The van der Waals surface area contributed by atoms with Gasteiger partial charge in [-0.25, -0.2) is 0 Å². The third kappa shape index (κ3) is 24.6. The van der Waals surface area contributed by atoms with Gasteiger partial charge in [0, 0.05) is 0 Å². The van der Waals surface area contributed by atoms with Gasteiger partial charge in [0.1, 0.15) is 13.1 Å². The highest BCUT2D eigenvalue weighted by atomic mass is 16.6. The zero-order chi connectivity index (χ0) is 28.5. The topological polar surface area (TPSA) is 29.5 Å². The SMILES string of the molecule is C=CC(O)OC(C[N+](C)(C)CCCCCCCCCCCC)C[N+](C)(C)CCCCCCCCCCCC. The molecular formula is C34H72N2O2+2. The van der Waals surface area contributed by atoms with Crippen molar-refractivity contribution in [3.63, 3.8) is 0 Å². The van der Waals surface area contributed by atoms with Gasteiger partial charge in [0.05, 0.1) is 41.3 Å². The number of rotatable bonds is 29. The molecule has 0 aromatic rings. The Bertz CT molecular complexity index is 483. The van der Waals surface area contributed by atoms with E-state index in [1.54, 1.807) is 0 Å². The van der Waals surface area contributed by atoms with E-state index in [2.05, 4.69) is 48.6 Å². The van der Waals surface area contributed by atoms with Crippen LogP contribution in [0.5, 0.6) is 0 Å². The lowest BCUT2D eigenvalue weighted by atomic mass is 10.1. The smallest absolute Gasteiger partial charge is 0.174 e. The van der Waals surface area contributed by atoms with Crippen molar-refractivity contribution < 1.29 is 18.8 Å². The maximum atomic E-state index is 10.2. The number of ether oxygens (including phenoxy) is 1. The zero-order valence-electron chi connectivity index (χ0n) is 27.2. The van der Waals surface area contributed by atoms with Crippen LogP contribution in [0.15, 0.2) is 12.7 Å². The first-order valence-electron chi connectivity index (χ1n) is 16.8. The van der Waals surface area contributed by atoms with Crippen LogP contribution in [0.4, 0.5) is 0 Å². The van der Waals surface area contributed by atoms with Crippen LogP contribution in [0.2, 0.25) is 0 Å². The summed E-state index contributed by atoms with van der Waals surface area (Å²) in [6.07, 6.45) is 28.2. The second-order valence-electron chi connectivity index (χ2n) is 13.4. The number of quaternary nitrogens is 2. The molecule has 0 aliphatic heterocycles. The minimum absolute atomic E-state index is 0.0271. The predicted octanol–water partition coefficient (Wildman–Crippen LogP) is 8.87. The van der Waals surface area contributed by atoms with Gasteiger partial charge in [-0.15, -0.1) is 0 Å². The van der Waals surface area contributed by atoms with E-state index in [4.69, 9.17) is 4.74 Å². The fourth-order valence-electron chi connectivity index (χ4n) is 5.74. The number of aliphatic hydroxyl groups excluding tert-OH is 1. The molecule has 0 bridgehead atoms. The molecule has 0 aromatic carbocycles. The molecule has 0 aromatic heterocycles. The summed E-state index contributed by atoms with van der Waals surface area (Å²) < 4.78 is 7.97. The molecule has 4 heteroatoms. The first kappa shape index (κ1) is 37.6. The van der Waals surface area contributed by atoms with Gasteiger partial charge in [0.15, 0.2) is 12.4 Å². The van der Waals surface area contributed by atoms with Gasteiger partial charge in [-0.3, -0.25) is 0 Å². The quantitative estimate of drug-likeness (QED) is 0.0444. The van der Waals surface area contributed by atoms with Gasteiger partial charge in [-0.1, -0.05) is 123 Å². The lowest BCUT2D eigenvalue weighted by Crippen LogP contribution is -2.54. The molecular weight excluding hydrogens is 468 g/mol. The van der Waals surface area contributed by atoms with Crippen molar-refractivity contribution in [2.75, 3.05) is 54.4 Å². The van der Waals surface area contributed by atoms with Crippen molar-refractivity contribution in [3.05, 3.63) is 12.7 Å². The molecule has 4 nitrogen and oxygen atoms in total. The van der Waals surface area contributed by atoms with E-state index in [1.807, 2.05) is 0 Å². The molecule has 0 radical (unpaired) electrons. The van der Waals surface area contributed by atoms with Gasteiger partial charge >= 0.3 is 0 Å². The minimum Gasteiger partial charge on any atom is -0.365 e. The number of nitrogens with zero attached hydrogens (tertiary/aromatic N) is 2. The van der Waals surface area contributed by atoms with Gasteiger partial charge in [-0.05, 0) is 31.8 Å². The Morgan fingerprint density at radius 1 is 0.553 bits per heavy atom. The molecule has 0 saturated carbocycles. The summed E-state index contributed by atoms with van der Waals surface area (Å²) in [6.45, 7) is 12.5. The van der Waals surface area contributed by atoms with E-state index < -0.39 is 6.29 Å². The first-order valence-corrected chi connectivity index (χ1v) is 16.8. The van der Waals surface area contributed by atoms with Crippen LogP contribution in [-0.4, -0.2) is 80.8 Å². The van der Waals surface area contributed by atoms with Crippen LogP contribution in [0.1, 0.15) is 142 Å². The molecule has 0 amide bonds. The fourth-order valence-corrected chi connectivity index (χ4v) is 5.74. The summed E-state index contributed by atoms with van der Waals surface area (Å²) in [5.74, 6) is 0. The van der Waals surface area contributed by atoms with E-state index >= 15 is 0 Å². The number of likely N-dealkylation sites (N-methyl/N-ethyl adjacent to an activating group) is 2. The summed E-state index contributed by atoms with van der Waals surface area (Å²) in [5.41, 5.74) is 0. The van der Waals surface area contributed by atoms with Crippen LogP contribution in [0, 0.1) is 0 Å². The predicted molar refractivity (Wildman–Crippen MR) is 168 cm³/mol. The van der Waals surface area contributed by atoms with E-state index in [0.717, 1.165) is 22.1 Å². The molecule has 1 N–H and O–H groups in total. The average molecular weight is 541 g/mol. The van der Waals surface area contributed by atoms with Crippen LogP contribution < -0.4 is 0 Å². The van der Waals surface area contributed by atoms with Crippen molar-refractivity contribution in [2.45, 2.75) is 155 Å². The maximum absolute atomic E-state index is 10.2. The Labute approximate surface area is 240 Å². The molecule has 228 valence electrons. The third-order valence-electron chi connectivity index (χ3n) is 8.16. The van der Waals surface area contributed by atoms with Gasteiger partial charge in [0.2, 0.25) is 0 Å². The largest absolute Gasteiger partial charge is 0.365 e. The van der Waals surface area contributed by atoms with Crippen LogP contribution in [-0.2, 0) is 4.74 Å². The fraction of sp³-hybridized carbons (Fsp3) is 0.941. The summed E-state index contributed by atoms with van der Waals surface area (Å²) in [5, 5.41) is 10.2. The molecule has 0 aliphatic rings. The van der Waals surface area contributed by atoms with E-state index in [1.165, 1.54) is 148 Å². The highest BCUT2D eigenvalue weighted by Gasteiger charge is 2.30. The van der Waals surface area contributed by atoms with E-state index in [-0.39, 0.29) is 6.10 Å². The average Bonchev–Trinajstić information content (AvgIpc) is 2.85. The van der Waals surface area contributed by atoms with E-state index in [0.29, 0.717) is 0 Å². The van der Waals surface area contributed by atoms with Gasteiger partial charge in [0.25, 0.3) is 0 Å². The molecule has 0 spiro atoms. The van der Waals surface area contributed by atoms with Crippen LogP contribution in [0.3, 0.4) is 0 Å². The summed E-state index contributed by atoms with van der Waals surface area (Å²) >= 11 is 0. The van der Waals surface area contributed by atoms with Crippen LogP contribution >= 0.6 is 0 Å². The molecule has 0 heterocycles. The summed E-state index contributed by atoms with van der Waals surface area (Å²) in [7, 11) is 9.30. The Hall–Kier alpha value is -0.420. The Balaban J connectivity index is 4.30. The van der Waals surface area contributed by atoms with Gasteiger partial charge < -0.3 is 18.8 Å². The summed E-state index contributed by atoms with van der Waals surface area (Å²) in [6, 6.07) is 0. The normalized spacial score (nSPS) is 13.4. The van der Waals surface area contributed by atoms with Crippen molar-refractivity contribution >= 4 is 0 Å². The molecule has 1 unspecified atom stereocenters. The van der Waals surface area contributed by atoms with E-state index in [9.17, 15) is 5.11 Å². The standard InChI is InChI=1S/C34H72N2O2/c1-8-11-13-15-17-19-21-23-25-27-29-35(4,5)31-33(38-34(37)10-3)32-36(6,7)30-28-26-24-22-20-18-16-14-12-9-2/h10,33-34,37H,3,8-9,11-32H2,1-2,4-7H3/q+2. The van der Waals surface area contributed by atoms with Crippen molar-refractivity contribution in [3.8, 4) is 0 Å². The summed E-state index contributed by atoms with van der Waals surface area (Å²) in [4.78, 5) is 0. The number of aliphatic hydroxyl groups is 1. The maximum Gasteiger partial charge on any atom is 0.174 e. The minimum atomic E-state index is -0.880. The highest BCUT2D eigenvalue weighted by Crippen LogP contribution is 2.16. The first-order chi connectivity index (χ1) is 18.2. The van der Waals surface area contributed by atoms with Crippen molar-refractivity contribution in [1.82, 2.24) is 0 Å². The number of unbranched alkanes of at least 4 members (excludes halogenated alkanes) is 18. The Morgan fingerprint density at radius 2 is 0.842 bits per heavy atom. The lowest BCUT2D eigenvalue weighted by Gasteiger charge is -2.38. The lowest BCUT2D eigenvalue weighted by molar-refractivity contribution is -0.915. The number of hydrogen-bond donors (Lipinski definition) is 1. The molecule has 38 heavy (non-hydrogen) atoms. The molecule has 0 fully saturated rings.